The van der Waals surface area contributed by atoms with Crippen LogP contribution in [0.2, 0.25) is 0 Å². The third kappa shape index (κ3) is 3.75. The molecule has 1 aliphatic rings. The summed E-state index contributed by atoms with van der Waals surface area (Å²) in [6.45, 7) is 0. The van der Waals surface area contributed by atoms with Crippen LogP contribution in [0.15, 0.2) is 46.3 Å². The molecule has 0 radical (unpaired) electrons. The molecule has 8 heteroatoms. The van der Waals surface area contributed by atoms with Crippen molar-refractivity contribution in [3.8, 4) is 23.0 Å². The Morgan fingerprint density at radius 3 is 2.42 bits per heavy atom. The second kappa shape index (κ2) is 7.40. The Labute approximate surface area is 154 Å². The van der Waals surface area contributed by atoms with Crippen molar-refractivity contribution in [3.05, 3.63) is 46.9 Å². The number of thioether (sulfide) groups is 1. The number of amides is 1. The summed E-state index contributed by atoms with van der Waals surface area (Å²) in [5.74, 6) is 0.188. The Hall–Kier alpha value is -3.13. The van der Waals surface area contributed by atoms with Gasteiger partial charge in [-0.2, -0.15) is 0 Å². The number of phenolic OH excluding ortho intramolecular Hbond substituents is 2. The third-order valence-corrected chi connectivity index (χ3v) is 4.42. The smallest absolute Gasteiger partial charge is 0.264 e. The topological polar surface area (TPSA) is 100 Å². The van der Waals surface area contributed by atoms with Crippen LogP contribution in [-0.4, -0.2) is 35.5 Å². The van der Waals surface area contributed by atoms with Gasteiger partial charge in [-0.1, -0.05) is 6.07 Å². The third-order valence-electron chi connectivity index (χ3n) is 3.51. The zero-order valence-electron chi connectivity index (χ0n) is 14.0. The number of amidine groups is 1. The van der Waals surface area contributed by atoms with Crippen LogP contribution in [0.1, 0.15) is 5.56 Å². The van der Waals surface area contributed by atoms with Crippen molar-refractivity contribution >= 4 is 34.6 Å². The molecular formula is C18H16N2O5S. The lowest BCUT2D eigenvalue weighted by Gasteiger charge is -2.09. The molecule has 3 rings (SSSR count). The molecule has 2 aromatic carbocycles. The Balaban J connectivity index is 1.89. The number of hydrogen-bond acceptors (Lipinski definition) is 7. The zero-order chi connectivity index (χ0) is 18.7. The van der Waals surface area contributed by atoms with Gasteiger partial charge in [0.15, 0.2) is 16.7 Å². The van der Waals surface area contributed by atoms with Crippen molar-refractivity contribution in [1.29, 1.82) is 0 Å². The molecule has 0 aliphatic carbocycles. The van der Waals surface area contributed by atoms with Crippen molar-refractivity contribution in [2.24, 2.45) is 4.99 Å². The Morgan fingerprint density at radius 1 is 1.12 bits per heavy atom. The van der Waals surface area contributed by atoms with Crippen molar-refractivity contribution in [3.63, 3.8) is 0 Å². The number of benzene rings is 2. The maximum atomic E-state index is 12.2. The SMILES string of the molecule is COc1cc(/C=C2\SC(=Nc3cccc(O)c3)NC2=O)cc(OC)c1O. The number of ether oxygens (including phenoxy) is 2. The van der Waals surface area contributed by atoms with Gasteiger partial charge in [-0.05, 0) is 47.7 Å². The first-order chi connectivity index (χ1) is 12.5. The minimum Gasteiger partial charge on any atom is -0.508 e. The predicted molar refractivity (Wildman–Crippen MR) is 100 cm³/mol. The molecule has 1 saturated heterocycles. The molecule has 2 aromatic rings. The Kier molecular flexibility index (Phi) is 5.04. The minimum absolute atomic E-state index is 0.0974. The first kappa shape index (κ1) is 17.7. The molecule has 0 bridgehead atoms. The fourth-order valence-corrected chi connectivity index (χ4v) is 3.15. The minimum atomic E-state index is -0.292. The average Bonchev–Trinajstić information content (AvgIpc) is 2.95. The van der Waals surface area contributed by atoms with E-state index in [1.807, 2.05) is 0 Å². The fourth-order valence-electron chi connectivity index (χ4n) is 2.31. The summed E-state index contributed by atoms with van der Waals surface area (Å²) in [5.41, 5.74) is 1.16. The highest BCUT2D eigenvalue weighted by Gasteiger charge is 2.24. The van der Waals surface area contributed by atoms with Gasteiger partial charge in [-0.3, -0.25) is 4.79 Å². The number of carbonyl (C=O) groups excluding carboxylic acids is 1. The van der Waals surface area contributed by atoms with E-state index in [0.717, 1.165) is 0 Å². The number of hydrogen-bond donors (Lipinski definition) is 3. The molecule has 26 heavy (non-hydrogen) atoms. The molecule has 0 saturated carbocycles. The first-order valence-electron chi connectivity index (χ1n) is 7.53. The maximum absolute atomic E-state index is 12.2. The van der Waals surface area contributed by atoms with E-state index in [1.165, 1.54) is 32.0 Å². The van der Waals surface area contributed by atoms with E-state index in [4.69, 9.17) is 9.47 Å². The number of aromatic hydroxyl groups is 2. The molecule has 1 aliphatic heterocycles. The second-order valence-corrected chi connectivity index (χ2v) is 6.31. The van der Waals surface area contributed by atoms with Crippen LogP contribution >= 0.6 is 11.8 Å². The van der Waals surface area contributed by atoms with E-state index < -0.39 is 0 Å². The Bertz CT molecular complexity index is 899. The number of methoxy groups -OCH3 is 2. The van der Waals surface area contributed by atoms with Crippen LogP contribution in [-0.2, 0) is 4.79 Å². The van der Waals surface area contributed by atoms with Crippen molar-refractivity contribution in [2.45, 2.75) is 0 Å². The lowest BCUT2D eigenvalue weighted by Crippen LogP contribution is -2.19. The van der Waals surface area contributed by atoms with Gasteiger partial charge in [-0.15, -0.1) is 0 Å². The molecule has 3 N–H and O–H groups in total. The summed E-state index contributed by atoms with van der Waals surface area (Å²) < 4.78 is 10.2. The summed E-state index contributed by atoms with van der Waals surface area (Å²) in [6, 6.07) is 9.63. The van der Waals surface area contributed by atoms with Crippen LogP contribution < -0.4 is 14.8 Å². The summed E-state index contributed by atoms with van der Waals surface area (Å²) in [7, 11) is 2.87. The molecule has 0 aromatic heterocycles. The van der Waals surface area contributed by atoms with Gasteiger partial charge < -0.3 is 25.0 Å². The van der Waals surface area contributed by atoms with Crippen molar-refractivity contribution in [1.82, 2.24) is 5.32 Å². The molecular weight excluding hydrogens is 356 g/mol. The van der Waals surface area contributed by atoms with E-state index in [1.54, 1.807) is 36.4 Å². The van der Waals surface area contributed by atoms with E-state index in [9.17, 15) is 15.0 Å². The second-order valence-electron chi connectivity index (χ2n) is 5.28. The van der Waals surface area contributed by atoms with E-state index in [-0.39, 0.29) is 28.9 Å². The monoisotopic (exact) mass is 372 g/mol. The highest BCUT2D eigenvalue weighted by Crippen LogP contribution is 2.38. The molecule has 0 unspecified atom stereocenters. The van der Waals surface area contributed by atoms with Crippen molar-refractivity contribution < 1.29 is 24.5 Å². The summed E-state index contributed by atoms with van der Waals surface area (Å²) in [6.07, 6.45) is 1.65. The standard InChI is InChI=1S/C18H16N2O5S/c1-24-13-6-10(7-14(25-2)16(13)22)8-15-17(23)20-18(26-15)19-11-4-3-5-12(21)9-11/h3-9,21-22H,1-2H3,(H,19,20,23)/b15-8-. The summed E-state index contributed by atoms with van der Waals surface area (Å²) in [4.78, 5) is 16.9. The zero-order valence-corrected chi connectivity index (χ0v) is 14.8. The molecule has 1 amide bonds. The summed E-state index contributed by atoms with van der Waals surface area (Å²) >= 11 is 1.17. The van der Waals surface area contributed by atoms with Crippen LogP contribution in [0.3, 0.4) is 0 Å². The highest BCUT2D eigenvalue weighted by atomic mass is 32.2. The first-order valence-corrected chi connectivity index (χ1v) is 8.35. The molecule has 1 fully saturated rings. The quantitative estimate of drug-likeness (QED) is 0.714. The summed E-state index contributed by atoms with van der Waals surface area (Å²) in [5, 5.41) is 22.5. The van der Waals surface area contributed by atoms with Crippen LogP contribution in [0.25, 0.3) is 6.08 Å². The molecule has 134 valence electrons. The average molecular weight is 372 g/mol. The normalized spacial score (nSPS) is 16.8. The molecule has 1 heterocycles. The molecule has 7 nitrogen and oxygen atoms in total. The largest absolute Gasteiger partial charge is 0.508 e. The van der Waals surface area contributed by atoms with Crippen LogP contribution in [0.5, 0.6) is 23.0 Å². The fraction of sp³-hybridized carbons (Fsp3) is 0.111. The highest BCUT2D eigenvalue weighted by molar-refractivity contribution is 8.18. The van der Waals surface area contributed by atoms with Crippen LogP contribution in [0.4, 0.5) is 5.69 Å². The predicted octanol–water partition coefficient (Wildman–Crippen LogP) is 3.01. The number of carbonyl (C=O) groups is 1. The van der Waals surface area contributed by atoms with E-state index >= 15 is 0 Å². The lowest BCUT2D eigenvalue weighted by molar-refractivity contribution is -0.115. The lowest BCUT2D eigenvalue weighted by atomic mass is 10.1. The van der Waals surface area contributed by atoms with E-state index in [0.29, 0.717) is 21.3 Å². The van der Waals surface area contributed by atoms with Gasteiger partial charge >= 0.3 is 0 Å². The number of nitrogens with one attached hydrogen (secondary N) is 1. The maximum Gasteiger partial charge on any atom is 0.264 e. The number of nitrogens with zero attached hydrogens (tertiary/aromatic N) is 1. The van der Waals surface area contributed by atoms with Gasteiger partial charge in [0, 0.05) is 6.07 Å². The van der Waals surface area contributed by atoms with Gasteiger partial charge in [-0.25, -0.2) is 4.99 Å². The van der Waals surface area contributed by atoms with E-state index in [2.05, 4.69) is 10.3 Å². The van der Waals surface area contributed by atoms with Crippen molar-refractivity contribution in [2.75, 3.05) is 14.2 Å². The number of phenols is 2. The van der Waals surface area contributed by atoms with Gasteiger partial charge in [0.05, 0.1) is 24.8 Å². The van der Waals surface area contributed by atoms with Gasteiger partial charge in [0.1, 0.15) is 5.75 Å². The molecule has 0 spiro atoms. The Morgan fingerprint density at radius 2 is 1.81 bits per heavy atom. The van der Waals surface area contributed by atoms with Gasteiger partial charge in [0.2, 0.25) is 5.75 Å². The van der Waals surface area contributed by atoms with Gasteiger partial charge in [0.25, 0.3) is 5.91 Å². The molecule has 0 atom stereocenters. The van der Waals surface area contributed by atoms with Crippen LogP contribution in [0, 0.1) is 0 Å². The number of rotatable bonds is 4. The number of aliphatic imine (C=N–C) groups is 1.